The molecule has 1 heterocycles. The van der Waals surface area contributed by atoms with E-state index in [1.165, 1.54) is 4.31 Å². The van der Waals surface area contributed by atoms with Crippen molar-refractivity contribution in [1.82, 2.24) is 19.8 Å². The Morgan fingerprint density at radius 3 is 2.64 bits per heavy atom. The van der Waals surface area contributed by atoms with Crippen molar-refractivity contribution < 1.29 is 13.2 Å². The maximum atomic E-state index is 12.1. The standard InChI is InChI=1S/C16H21BrN4O3S/c1-3-25(23,24)21(2)10-4-9-18-16(22)15-11-14(19-20-15)12-5-7-13(17)8-6-12/h5-8,11H,3-4,9-10H2,1-2H3,(H,18,22)(H,19,20). The number of carbonyl (C=O) groups excluding carboxylic acids is 1. The molecule has 2 N–H and O–H groups in total. The van der Waals surface area contributed by atoms with Crippen LogP contribution < -0.4 is 5.32 Å². The molecular weight excluding hydrogens is 408 g/mol. The smallest absolute Gasteiger partial charge is 0.269 e. The number of aromatic nitrogens is 2. The van der Waals surface area contributed by atoms with Gasteiger partial charge in [0.05, 0.1) is 11.4 Å². The van der Waals surface area contributed by atoms with Gasteiger partial charge in [-0.15, -0.1) is 0 Å². The van der Waals surface area contributed by atoms with E-state index in [1.807, 2.05) is 24.3 Å². The Labute approximate surface area is 156 Å². The number of aromatic amines is 1. The van der Waals surface area contributed by atoms with Crippen LogP contribution in [0.15, 0.2) is 34.8 Å². The molecule has 0 atom stereocenters. The first-order valence-corrected chi connectivity index (χ1v) is 10.3. The Balaban J connectivity index is 1.85. The zero-order chi connectivity index (χ0) is 18.4. The van der Waals surface area contributed by atoms with Gasteiger partial charge in [0, 0.05) is 30.2 Å². The van der Waals surface area contributed by atoms with Gasteiger partial charge >= 0.3 is 0 Å². The molecule has 0 fully saturated rings. The SMILES string of the molecule is CCS(=O)(=O)N(C)CCCNC(=O)c1cc(-c2ccc(Br)cc2)n[nH]1. The molecule has 0 radical (unpaired) electrons. The van der Waals surface area contributed by atoms with Gasteiger partial charge in [0.15, 0.2) is 0 Å². The lowest BCUT2D eigenvalue weighted by molar-refractivity contribution is 0.0948. The van der Waals surface area contributed by atoms with Crippen molar-refractivity contribution in [1.29, 1.82) is 0 Å². The van der Waals surface area contributed by atoms with E-state index in [2.05, 4.69) is 31.4 Å². The van der Waals surface area contributed by atoms with Crippen molar-refractivity contribution in [2.45, 2.75) is 13.3 Å². The van der Waals surface area contributed by atoms with Gasteiger partial charge in [-0.25, -0.2) is 12.7 Å². The summed E-state index contributed by atoms with van der Waals surface area (Å²) in [6.45, 7) is 2.35. The van der Waals surface area contributed by atoms with Crippen LogP contribution in [0.3, 0.4) is 0 Å². The molecular formula is C16H21BrN4O3S. The summed E-state index contributed by atoms with van der Waals surface area (Å²) in [6, 6.07) is 9.32. The first-order valence-electron chi connectivity index (χ1n) is 7.87. The fraction of sp³-hybridized carbons (Fsp3) is 0.375. The molecule has 0 bridgehead atoms. The summed E-state index contributed by atoms with van der Waals surface area (Å²) in [7, 11) is -1.64. The van der Waals surface area contributed by atoms with Gasteiger partial charge in [-0.05, 0) is 31.5 Å². The van der Waals surface area contributed by atoms with Gasteiger partial charge < -0.3 is 5.32 Å². The molecule has 1 amide bonds. The van der Waals surface area contributed by atoms with Gasteiger partial charge in [0.2, 0.25) is 10.0 Å². The summed E-state index contributed by atoms with van der Waals surface area (Å²) < 4.78 is 25.5. The Hall–Kier alpha value is -1.71. The number of sulfonamides is 1. The number of hydrogen-bond acceptors (Lipinski definition) is 4. The number of halogens is 1. The third-order valence-electron chi connectivity index (χ3n) is 3.74. The number of hydrogen-bond donors (Lipinski definition) is 2. The number of nitrogens with zero attached hydrogens (tertiary/aromatic N) is 2. The van der Waals surface area contributed by atoms with Crippen LogP contribution >= 0.6 is 15.9 Å². The average molecular weight is 429 g/mol. The number of H-pyrrole nitrogens is 1. The largest absolute Gasteiger partial charge is 0.351 e. The highest BCUT2D eigenvalue weighted by Crippen LogP contribution is 2.20. The van der Waals surface area contributed by atoms with Crippen LogP contribution in [-0.4, -0.2) is 54.7 Å². The van der Waals surface area contributed by atoms with Crippen molar-refractivity contribution >= 4 is 31.9 Å². The third kappa shape index (κ3) is 5.38. The Morgan fingerprint density at radius 2 is 2.00 bits per heavy atom. The van der Waals surface area contributed by atoms with Crippen molar-refractivity contribution in [3.05, 3.63) is 40.5 Å². The molecule has 1 aromatic carbocycles. The zero-order valence-corrected chi connectivity index (χ0v) is 16.5. The minimum Gasteiger partial charge on any atom is -0.351 e. The summed E-state index contributed by atoms with van der Waals surface area (Å²) in [4.78, 5) is 12.1. The fourth-order valence-electron chi connectivity index (χ4n) is 2.16. The Morgan fingerprint density at radius 1 is 1.32 bits per heavy atom. The van der Waals surface area contributed by atoms with Gasteiger partial charge in [0.25, 0.3) is 5.91 Å². The molecule has 2 aromatic rings. The first kappa shape index (κ1) is 19.6. The van der Waals surface area contributed by atoms with Crippen LogP contribution in [0.25, 0.3) is 11.3 Å². The lowest BCUT2D eigenvalue weighted by atomic mass is 10.1. The Kier molecular flexibility index (Phi) is 6.74. The average Bonchev–Trinajstić information content (AvgIpc) is 3.09. The van der Waals surface area contributed by atoms with Crippen LogP contribution in [-0.2, 0) is 10.0 Å². The number of rotatable bonds is 8. The Bertz CT molecular complexity index is 818. The second kappa shape index (κ2) is 8.59. The topological polar surface area (TPSA) is 95.2 Å². The first-order chi connectivity index (χ1) is 11.8. The third-order valence-corrected chi connectivity index (χ3v) is 6.13. The summed E-state index contributed by atoms with van der Waals surface area (Å²) in [5, 5.41) is 9.63. The van der Waals surface area contributed by atoms with Crippen molar-refractivity contribution in [2.24, 2.45) is 0 Å². The monoisotopic (exact) mass is 428 g/mol. The number of amides is 1. The summed E-state index contributed by atoms with van der Waals surface area (Å²) in [5.41, 5.74) is 1.96. The highest BCUT2D eigenvalue weighted by molar-refractivity contribution is 9.10. The summed E-state index contributed by atoms with van der Waals surface area (Å²) >= 11 is 3.38. The van der Waals surface area contributed by atoms with Crippen molar-refractivity contribution in [2.75, 3.05) is 25.9 Å². The molecule has 0 saturated carbocycles. The van der Waals surface area contributed by atoms with Gasteiger partial charge in [-0.1, -0.05) is 28.1 Å². The predicted octanol–water partition coefficient (Wildman–Crippen LogP) is 2.24. The number of carbonyl (C=O) groups is 1. The van der Waals surface area contributed by atoms with Crippen LogP contribution in [0.5, 0.6) is 0 Å². The van der Waals surface area contributed by atoms with E-state index in [-0.39, 0.29) is 11.7 Å². The van der Waals surface area contributed by atoms with Crippen molar-refractivity contribution in [3.8, 4) is 11.3 Å². The van der Waals surface area contributed by atoms with E-state index >= 15 is 0 Å². The van der Waals surface area contributed by atoms with Gasteiger partial charge in [-0.3, -0.25) is 9.89 Å². The lowest BCUT2D eigenvalue weighted by Gasteiger charge is -2.15. The maximum Gasteiger partial charge on any atom is 0.269 e. The number of benzene rings is 1. The lowest BCUT2D eigenvalue weighted by Crippen LogP contribution is -2.32. The molecule has 9 heteroatoms. The predicted molar refractivity (Wildman–Crippen MR) is 101 cm³/mol. The van der Waals surface area contributed by atoms with E-state index in [0.29, 0.717) is 30.9 Å². The maximum absolute atomic E-state index is 12.1. The van der Waals surface area contributed by atoms with Crippen LogP contribution in [0.4, 0.5) is 0 Å². The minimum atomic E-state index is -3.18. The second-order valence-electron chi connectivity index (χ2n) is 5.51. The van der Waals surface area contributed by atoms with Crippen LogP contribution in [0, 0.1) is 0 Å². The summed E-state index contributed by atoms with van der Waals surface area (Å²) in [5.74, 6) is -0.195. The molecule has 0 unspecified atom stereocenters. The molecule has 2 rings (SSSR count). The molecule has 1 aromatic heterocycles. The highest BCUT2D eigenvalue weighted by atomic mass is 79.9. The van der Waals surface area contributed by atoms with Crippen LogP contribution in [0.1, 0.15) is 23.8 Å². The molecule has 0 saturated heterocycles. The van der Waals surface area contributed by atoms with E-state index in [9.17, 15) is 13.2 Å². The molecule has 0 spiro atoms. The van der Waals surface area contributed by atoms with Crippen LogP contribution in [0.2, 0.25) is 0 Å². The molecule has 0 aliphatic heterocycles. The normalized spacial score (nSPS) is 11.7. The second-order valence-corrected chi connectivity index (χ2v) is 8.79. The van der Waals surface area contributed by atoms with E-state index in [4.69, 9.17) is 0 Å². The molecule has 7 nitrogen and oxygen atoms in total. The molecule has 136 valence electrons. The van der Waals surface area contributed by atoms with E-state index in [0.717, 1.165) is 10.0 Å². The van der Waals surface area contributed by atoms with E-state index < -0.39 is 10.0 Å². The van der Waals surface area contributed by atoms with Gasteiger partial charge in [-0.2, -0.15) is 5.10 Å². The molecule has 25 heavy (non-hydrogen) atoms. The minimum absolute atomic E-state index is 0.0723. The molecule has 0 aliphatic carbocycles. The quantitative estimate of drug-likeness (QED) is 0.630. The van der Waals surface area contributed by atoms with Crippen molar-refractivity contribution in [3.63, 3.8) is 0 Å². The van der Waals surface area contributed by atoms with E-state index in [1.54, 1.807) is 20.0 Å². The zero-order valence-electron chi connectivity index (χ0n) is 14.1. The summed E-state index contributed by atoms with van der Waals surface area (Å²) in [6.07, 6.45) is 0.537. The number of nitrogens with one attached hydrogen (secondary N) is 2. The fourth-order valence-corrected chi connectivity index (χ4v) is 3.28. The van der Waals surface area contributed by atoms with Gasteiger partial charge in [0.1, 0.15) is 5.69 Å². The molecule has 0 aliphatic rings. The highest BCUT2D eigenvalue weighted by Gasteiger charge is 2.15.